The third-order valence-corrected chi connectivity index (χ3v) is 3.36. The highest BCUT2D eigenvalue weighted by molar-refractivity contribution is 9.10. The van der Waals surface area contributed by atoms with Gasteiger partial charge < -0.3 is 10.2 Å². The minimum atomic E-state index is -0.519. The fourth-order valence-corrected chi connectivity index (χ4v) is 2.20. The van der Waals surface area contributed by atoms with E-state index in [4.69, 9.17) is 10.6 Å². The molecule has 2 aromatic rings. The lowest BCUT2D eigenvalue weighted by atomic mass is 10.2. The molecule has 110 valence electrons. The molecular formula is C12H12BrN5O3. The van der Waals surface area contributed by atoms with Crippen LogP contribution in [0.3, 0.4) is 0 Å². The van der Waals surface area contributed by atoms with Gasteiger partial charge in [-0.15, -0.1) is 0 Å². The number of aromatic nitrogens is 2. The molecule has 21 heavy (non-hydrogen) atoms. The van der Waals surface area contributed by atoms with Crippen molar-refractivity contribution in [2.24, 2.45) is 5.84 Å². The van der Waals surface area contributed by atoms with Crippen LogP contribution in [0.4, 0.5) is 11.5 Å². The van der Waals surface area contributed by atoms with E-state index < -0.39 is 4.92 Å². The Labute approximate surface area is 128 Å². The van der Waals surface area contributed by atoms with Crippen molar-refractivity contribution in [1.82, 2.24) is 9.97 Å². The summed E-state index contributed by atoms with van der Waals surface area (Å²) in [5.41, 5.74) is 2.92. The van der Waals surface area contributed by atoms with E-state index in [1.165, 1.54) is 12.4 Å². The van der Waals surface area contributed by atoms with E-state index in [2.05, 4.69) is 31.3 Å². The Kier molecular flexibility index (Phi) is 4.66. The molecule has 0 aliphatic heterocycles. The smallest absolute Gasteiger partial charge is 0.312 e. The van der Waals surface area contributed by atoms with Crippen molar-refractivity contribution < 1.29 is 9.66 Å². The van der Waals surface area contributed by atoms with Crippen molar-refractivity contribution >= 4 is 27.4 Å². The molecule has 0 amide bonds. The lowest BCUT2D eigenvalue weighted by molar-refractivity contribution is -0.385. The summed E-state index contributed by atoms with van der Waals surface area (Å²) in [6.07, 6.45) is 1.82. The Balaban J connectivity index is 2.51. The van der Waals surface area contributed by atoms with Crippen LogP contribution >= 0.6 is 15.9 Å². The fraction of sp³-hybridized carbons (Fsp3) is 0.167. The largest absolute Gasteiger partial charge is 0.430 e. The third kappa shape index (κ3) is 3.09. The molecule has 9 heteroatoms. The van der Waals surface area contributed by atoms with Crippen LogP contribution in [0.2, 0.25) is 0 Å². The number of hydrogen-bond donors (Lipinski definition) is 2. The molecule has 0 bridgehead atoms. The molecule has 1 heterocycles. The summed E-state index contributed by atoms with van der Waals surface area (Å²) in [6.45, 7) is 1.88. The number of hydrogen-bond acceptors (Lipinski definition) is 7. The molecule has 0 saturated carbocycles. The van der Waals surface area contributed by atoms with Crippen molar-refractivity contribution in [3.8, 4) is 11.6 Å². The number of nitrogens with two attached hydrogens (primary N) is 1. The molecule has 0 aliphatic rings. The van der Waals surface area contributed by atoms with E-state index in [-0.39, 0.29) is 17.3 Å². The first-order chi connectivity index (χ1) is 10.1. The van der Waals surface area contributed by atoms with Crippen molar-refractivity contribution in [3.05, 3.63) is 44.7 Å². The van der Waals surface area contributed by atoms with Gasteiger partial charge in [-0.2, -0.15) is 0 Å². The number of rotatable bonds is 5. The molecule has 2 rings (SSSR count). The molecule has 0 spiro atoms. The number of halogens is 1. The van der Waals surface area contributed by atoms with Crippen LogP contribution < -0.4 is 16.0 Å². The normalized spacial score (nSPS) is 10.2. The second-order valence-electron chi connectivity index (χ2n) is 3.95. The van der Waals surface area contributed by atoms with Gasteiger partial charge in [-0.3, -0.25) is 10.1 Å². The van der Waals surface area contributed by atoms with Crippen molar-refractivity contribution in [2.75, 3.05) is 5.43 Å². The van der Waals surface area contributed by atoms with E-state index in [1.807, 2.05) is 6.92 Å². The molecule has 8 nitrogen and oxygen atoms in total. The van der Waals surface area contributed by atoms with Gasteiger partial charge in [0.25, 0.3) is 0 Å². The summed E-state index contributed by atoms with van der Waals surface area (Å²) in [5.74, 6) is 6.10. The van der Waals surface area contributed by atoms with E-state index in [9.17, 15) is 10.1 Å². The van der Waals surface area contributed by atoms with Gasteiger partial charge in [0.2, 0.25) is 11.6 Å². The van der Waals surface area contributed by atoms with Gasteiger partial charge in [-0.05, 0) is 28.4 Å². The van der Waals surface area contributed by atoms with Crippen LogP contribution in [0.25, 0.3) is 0 Å². The van der Waals surface area contributed by atoms with Crippen LogP contribution in [0, 0.1) is 10.1 Å². The highest BCUT2D eigenvalue weighted by Crippen LogP contribution is 2.38. The lowest BCUT2D eigenvalue weighted by Gasteiger charge is -2.12. The zero-order valence-corrected chi connectivity index (χ0v) is 12.6. The number of nitro groups is 1. The minimum Gasteiger partial charge on any atom is -0.430 e. The number of nitro benzene ring substituents is 1. The number of ether oxygens (including phenoxy) is 1. The Hall–Kier alpha value is -2.26. The number of para-hydroxylation sites is 1. The van der Waals surface area contributed by atoms with Gasteiger partial charge in [0.1, 0.15) is 12.1 Å². The number of nitrogens with one attached hydrogen (secondary N) is 1. The highest BCUT2D eigenvalue weighted by Gasteiger charge is 2.21. The number of nitrogen functional groups attached to an aromatic ring is 1. The van der Waals surface area contributed by atoms with Gasteiger partial charge >= 0.3 is 5.69 Å². The van der Waals surface area contributed by atoms with Gasteiger partial charge in [0, 0.05) is 6.07 Å². The Morgan fingerprint density at radius 1 is 1.48 bits per heavy atom. The summed E-state index contributed by atoms with van der Waals surface area (Å²) >= 11 is 3.24. The average molecular weight is 354 g/mol. The first-order valence-electron chi connectivity index (χ1n) is 5.99. The van der Waals surface area contributed by atoms with Crippen molar-refractivity contribution in [1.29, 1.82) is 0 Å². The van der Waals surface area contributed by atoms with Gasteiger partial charge in [0.15, 0.2) is 0 Å². The number of anilines is 1. The van der Waals surface area contributed by atoms with Gasteiger partial charge in [0.05, 0.1) is 15.0 Å². The van der Waals surface area contributed by atoms with Crippen molar-refractivity contribution in [3.63, 3.8) is 0 Å². The second kappa shape index (κ2) is 6.46. The molecule has 0 unspecified atom stereocenters. The molecule has 0 fully saturated rings. The lowest BCUT2D eigenvalue weighted by Crippen LogP contribution is -2.12. The topological polar surface area (TPSA) is 116 Å². The maximum absolute atomic E-state index is 11.1. The standard InChI is InChI=1S/C12H12BrN5O3/c1-2-7-11(17-14)15-6-16-12(7)21-10-8(13)4-3-5-9(10)18(19)20/h3-6H,2,14H2,1H3,(H,15,16,17). The predicted octanol–water partition coefficient (Wildman–Crippen LogP) is 2.79. The molecule has 0 saturated heterocycles. The van der Waals surface area contributed by atoms with E-state index in [0.717, 1.165) is 0 Å². The third-order valence-electron chi connectivity index (χ3n) is 2.74. The summed E-state index contributed by atoms with van der Waals surface area (Å²) in [6, 6.07) is 4.56. The first kappa shape index (κ1) is 15.1. The molecule has 1 aromatic heterocycles. The maximum Gasteiger partial charge on any atom is 0.312 e. The zero-order valence-electron chi connectivity index (χ0n) is 11.0. The van der Waals surface area contributed by atoms with Gasteiger partial charge in [-0.25, -0.2) is 15.8 Å². The van der Waals surface area contributed by atoms with Crippen LogP contribution in [0.5, 0.6) is 11.6 Å². The molecule has 0 atom stereocenters. The fourth-order valence-electron chi connectivity index (χ4n) is 1.77. The van der Waals surface area contributed by atoms with Crippen LogP contribution in [-0.2, 0) is 6.42 Å². The SMILES string of the molecule is CCc1c(NN)ncnc1Oc1c(Br)cccc1[N+](=O)[O-]. The monoisotopic (exact) mass is 353 g/mol. The Morgan fingerprint density at radius 2 is 2.24 bits per heavy atom. The predicted molar refractivity (Wildman–Crippen MR) is 80.1 cm³/mol. The summed E-state index contributed by atoms with van der Waals surface area (Å²) < 4.78 is 6.09. The quantitative estimate of drug-likeness (QED) is 0.482. The van der Waals surface area contributed by atoms with Crippen LogP contribution in [0.1, 0.15) is 12.5 Å². The van der Waals surface area contributed by atoms with Crippen LogP contribution in [0.15, 0.2) is 29.0 Å². The molecule has 3 N–H and O–H groups in total. The molecule has 0 radical (unpaired) electrons. The summed E-state index contributed by atoms with van der Waals surface area (Å²) in [7, 11) is 0. The second-order valence-corrected chi connectivity index (χ2v) is 4.81. The van der Waals surface area contributed by atoms with Crippen LogP contribution in [-0.4, -0.2) is 14.9 Å². The molecule has 0 aliphatic carbocycles. The van der Waals surface area contributed by atoms with Crippen molar-refractivity contribution in [2.45, 2.75) is 13.3 Å². The first-order valence-corrected chi connectivity index (χ1v) is 6.79. The maximum atomic E-state index is 11.1. The van der Waals surface area contributed by atoms with Gasteiger partial charge in [-0.1, -0.05) is 13.0 Å². The molecule has 1 aromatic carbocycles. The van der Waals surface area contributed by atoms with E-state index in [1.54, 1.807) is 12.1 Å². The molecular weight excluding hydrogens is 342 g/mol. The minimum absolute atomic E-state index is 0.0823. The summed E-state index contributed by atoms with van der Waals surface area (Å²) in [4.78, 5) is 18.6. The van der Waals surface area contributed by atoms with E-state index >= 15 is 0 Å². The average Bonchev–Trinajstić information content (AvgIpc) is 2.48. The summed E-state index contributed by atoms with van der Waals surface area (Å²) in [5, 5.41) is 11.1. The number of nitrogens with zero attached hydrogens (tertiary/aromatic N) is 3. The van der Waals surface area contributed by atoms with E-state index in [0.29, 0.717) is 22.3 Å². The number of benzene rings is 1. The Bertz CT molecular complexity index is 680. The number of hydrazine groups is 1. The Morgan fingerprint density at radius 3 is 2.86 bits per heavy atom. The highest BCUT2D eigenvalue weighted by atomic mass is 79.9. The zero-order chi connectivity index (χ0) is 15.4.